The van der Waals surface area contributed by atoms with Crippen molar-refractivity contribution in [3.05, 3.63) is 54.1 Å². The summed E-state index contributed by atoms with van der Waals surface area (Å²) in [7, 11) is 1.82. The molecule has 142 valence electrons. The SMILES string of the molecule is Cn1ccnc1C(=O)NC[C@@]12CCC[C@H]1N(Cc1ccccc1)C(=O)CC2. The van der Waals surface area contributed by atoms with E-state index in [0.717, 1.165) is 31.2 Å². The first-order chi connectivity index (χ1) is 13.1. The van der Waals surface area contributed by atoms with Crippen LogP contribution in [-0.4, -0.2) is 38.9 Å². The van der Waals surface area contributed by atoms with Crippen LogP contribution in [0.3, 0.4) is 0 Å². The normalized spacial score (nSPS) is 24.7. The van der Waals surface area contributed by atoms with Crippen molar-refractivity contribution < 1.29 is 9.59 Å². The summed E-state index contributed by atoms with van der Waals surface area (Å²) in [6, 6.07) is 10.4. The molecule has 2 aromatic rings. The molecule has 2 amide bonds. The summed E-state index contributed by atoms with van der Waals surface area (Å²) in [4.78, 5) is 31.4. The molecule has 1 aliphatic carbocycles. The number of hydrogen-bond acceptors (Lipinski definition) is 3. The Bertz CT molecular complexity index is 832. The Morgan fingerprint density at radius 2 is 2.11 bits per heavy atom. The largest absolute Gasteiger partial charge is 0.349 e. The van der Waals surface area contributed by atoms with Crippen LogP contribution in [0.2, 0.25) is 0 Å². The van der Waals surface area contributed by atoms with Gasteiger partial charge < -0.3 is 14.8 Å². The molecule has 1 aromatic heterocycles. The number of aryl methyl sites for hydroxylation is 1. The van der Waals surface area contributed by atoms with Gasteiger partial charge in [0.05, 0.1) is 0 Å². The molecule has 0 spiro atoms. The minimum Gasteiger partial charge on any atom is -0.349 e. The average molecular weight is 366 g/mol. The molecule has 0 unspecified atom stereocenters. The number of likely N-dealkylation sites (tertiary alicyclic amines) is 1. The zero-order chi connectivity index (χ0) is 18.9. The van der Waals surface area contributed by atoms with Crippen molar-refractivity contribution in [3.63, 3.8) is 0 Å². The van der Waals surface area contributed by atoms with E-state index in [1.54, 1.807) is 17.0 Å². The summed E-state index contributed by atoms with van der Waals surface area (Å²) in [6.07, 6.45) is 7.97. The van der Waals surface area contributed by atoms with Gasteiger partial charge in [0.25, 0.3) is 5.91 Å². The van der Waals surface area contributed by atoms with Crippen LogP contribution >= 0.6 is 0 Å². The summed E-state index contributed by atoms with van der Waals surface area (Å²) < 4.78 is 1.73. The fourth-order valence-corrected chi connectivity index (χ4v) is 4.76. The zero-order valence-corrected chi connectivity index (χ0v) is 15.7. The first-order valence-electron chi connectivity index (χ1n) is 9.68. The van der Waals surface area contributed by atoms with Crippen LogP contribution in [0.25, 0.3) is 0 Å². The molecular weight excluding hydrogens is 340 g/mol. The number of hydrogen-bond donors (Lipinski definition) is 1. The van der Waals surface area contributed by atoms with E-state index in [1.165, 1.54) is 0 Å². The van der Waals surface area contributed by atoms with E-state index in [1.807, 2.05) is 25.2 Å². The molecule has 2 atom stereocenters. The lowest BCUT2D eigenvalue weighted by molar-refractivity contribution is -0.142. The molecule has 1 N–H and O–H groups in total. The Morgan fingerprint density at radius 3 is 2.85 bits per heavy atom. The topological polar surface area (TPSA) is 67.2 Å². The Kier molecular flexibility index (Phi) is 4.72. The van der Waals surface area contributed by atoms with Crippen molar-refractivity contribution in [1.29, 1.82) is 0 Å². The van der Waals surface area contributed by atoms with Crippen molar-refractivity contribution in [2.45, 2.75) is 44.7 Å². The highest BCUT2D eigenvalue weighted by Gasteiger charge is 2.50. The van der Waals surface area contributed by atoms with Crippen LogP contribution in [0.4, 0.5) is 0 Å². The van der Waals surface area contributed by atoms with Crippen LogP contribution in [0.1, 0.15) is 48.3 Å². The molecule has 6 nitrogen and oxygen atoms in total. The molecular formula is C21H26N4O2. The standard InChI is InChI=1S/C21H26N4O2/c1-24-13-12-22-19(24)20(27)23-15-21-10-5-8-17(21)25(18(26)9-11-21)14-16-6-3-2-4-7-16/h2-4,6-7,12-13,17H,5,8-11,14-15H2,1H3,(H,23,27)/t17-,21+/m1/s1. The van der Waals surface area contributed by atoms with Crippen LogP contribution in [0.15, 0.2) is 42.7 Å². The van der Waals surface area contributed by atoms with Crippen LogP contribution < -0.4 is 5.32 Å². The second-order valence-corrected chi connectivity index (χ2v) is 7.82. The van der Waals surface area contributed by atoms with Gasteiger partial charge in [-0.05, 0) is 24.8 Å². The van der Waals surface area contributed by atoms with E-state index < -0.39 is 0 Å². The molecule has 0 bridgehead atoms. The number of aromatic nitrogens is 2. The Hall–Kier alpha value is -2.63. The van der Waals surface area contributed by atoms with Gasteiger partial charge in [0.15, 0.2) is 5.82 Å². The minimum atomic E-state index is -0.144. The van der Waals surface area contributed by atoms with E-state index in [0.29, 0.717) is 25.3 Å². The monoisotopic (exact) mass is 366 g/mol. The third-order valence-corrected chi connectivity index (χ3v) is 6.21. The van der Waals surface area contributed by atoms with Gasteiger partial charge in [-0.2, -0.15) is 0 Å². The molecule has 2 fully saturated rings. The minimum absolute atomic E-state index is 0.0243. The van der Waals surface area contributed by atoms with Gasteiger partial charge in [-0.1, -0.05) is 36.8 Å². The number of carbonyl (C=O) groups excluding carboxylic acids is 2. The predicted octanol–water partition coefficient (Wildman–Crippen LogP) is 2.51. The van der Waals surface area contributed by atoms with E-state index in [9.17, 15) is 9.59 Å². The number of amides is 2. The number of rotatable bonds is 5. The summed E-state index contributed by atoms with van der Waals surface area (Å²) in [6.45, 7) is 1.25. The van der Waals surface area contributed by atoms with E-state index in [2.05, 4.69) is 27.3 Å². The fraction of sp³-hybridized carbons (Fsp3) is 0.476. The molecule has 27 heavy (non-hydrogen) atoms. The van der Waals surface area contributed by atoms with E-state index in [-0.39, 0.29) is 23.3 Å². The number of nitrogens with one attached hydrogen (secondary N) is 1. The molecule has 6 heteroatoms. The van der Waals surface area contributed by atoms with E-state index in [4.69, 9.17) is 0 Å². The lowest BCUT2D eigenvalue weighted by atomic mass is 9.74. The number of carbonyl (C=O) groups is 2. The van der Waals surface area contributed by atoms with Crippen LogP contribution in [0.5, 0.6) is 0 Å². The first kappa shape index (κ1) is 17.8. The first-order valence-corrected chi connectivity index (χ1v) is 9.68. The fourth-order valence-electron chi connectivity index (χ4n) is 4.76. The lowest BCUT2D eigenvalue weighted by Gasteiger charge is -2.46. The summed E-state index contributed by atoms with van der Waals surface area (Å²) in [5.41, 5.74) is 1.13. The van der Waals surface area contributed by atoms with Gasteiger partial charge in [-0.3, -0.25) is 9.59 Å². The van der Waals surface area contributed by atoms with Crippen molar-refractivity contribution in [3.8, 4) is 0 Å². The molecule has 0 radical (unpaired) electrons. The number of fused-ring (bicyclic) bond motifs is 1. The van der Waals surface area contributed by atoms with E-state index >= 15 is 0 Å². The van der Waals surface area contributed by atoms with Gasteiger partial charge in [0, 0.05) is 50.4 Å². The smallest absolute Gasteiger partial charge is 0.287 e. The van der Waals surface area contributed by atoms with Gasteiger partial charge >= 0.3 is 0 Å². The maximum absolute atomic E-state index is 12.7. The van der Waals surface area contributed by atoms with Gasteiger partial charge in [-0.15, -0.1) is 0 Å². The molecule has 1 saturated heterocycles. The highest BCUT2D eigenvalue weighted by molar-refractivity contribution is 5.90. The maximum atomic E-state index is 12.7. The highest BCUT2D eigenvalue weighted by atomic mass is 16.2. The molecule has 4 rings (SSSR count). The molecule has 1 aliphatic heterocycles. The maximum Gasteiger partial charge on any atom is 0.287 e. The Balaban J connectivity index is 1.50. The Morgan fingerprint density at radius 1 is 1.30 bits per heavy atom. The number of nitrogens with zero attached hydrogens (tertiary/aromatic N) is 3. The predicted molar refractivity (Wildman–Crippen MR) is 102 cm³/mol. The second kappa shape index (κ2) is 7.18. The summed E-state index contributed by atoms with van der Waals surface area (Å²) in [5, 5.41) is 3.10. The highest BCUT2D eigenvalue weighted by Crippen LogP contribution is 2.48. The average Bonchev–Trinajstić information content (AvgIpc) is 3.30. The second-order valence-electron chi connectivity index (χ2n) is 7.82. The quantitative estimate of drug-likeness (QED) is 0.884. The van der Waals surface area contributed by atoms with Crippen molar-refractivity contribution in [1.82, 2.24) is 19.8 Å². The summed E-state index contributed by atoms with van der Waals surface area (Å²) >= 11 is 0. The molecule has 2 aliphatic rings. The number of benzene rings is 1. The van der Waals surface area contributed by atoms with Gasteiger partial charge in [0.2, 0.25) is 5.91 Å². The number of imidazole rings is 1. The van der Waals surface area contributed by atoms with Gasteiger partial charge in [0.1, 0.15) is 0 Å². The van der Waals surface area contributed by atoms with Gasteiger partial charge in [-0.25, -0.2) is 4.98 Å². The van der Waals surface area contributed by atoms with Crippen molar-refractivity contribution in [2.24, 2.45) is 12.5 Å². The molecule has 1 saturated carbocycles. The van der Waals surface area contributed by atoms with Crippen molar-refractivity contribution >= 4 is 11.8 Å². The third kappa shape index (κ3) is 3.36. The summed E-state index contributed by atoms with van der Waals surface area (Å²) in [5.74, 6) is 0.514. The van der Waals surface area contributed by atoms with Crippen molar-refractivity contribution in [2.75, 3.05) is 6.54 Å². The lowest BCUT2D eigenvalue weighted by Crippen LogP contribution is -2.55. The van der Waals surface area contributed by atoms with Crippen LogP contribution in [-0.2, 0) is 18.4 Å². The third-order valence-electron chi connectivity index (χ3n) is 6.21. The zero-order valence-electron chi connectivity index (χ0n) is 15.7. The van der Waals surface area contributed by atoms with Crippen LogP contribution in [0, 0.1) is 5.41 Å². The molecule has 2 heterocycles. The number of piperidine rings is 1. The molecule has 1 aromatic carbocycles. The Labute approximate surface area is 159 Å².